The highest BCUT2D eigenvalue weighted by molar-refractivity contribution is 9.10. The summed E-state index contributed by atoms with van der Waals surface area (Å²) in [5, 5.41) is 3.99. The van der Waals surface area contributed by atoms with Crippen LogP contribution in [0.5, 0.6) is 5.75 Å². The van der Waals surface area contributed by atoms with Gasteiger partial charge in [0, 0.05) is 17.6 Å². The molecule has 2 aromatic carbocycles. The van der Waals surface area contributed by atoms with E-state index in [9.17, 15) is 9.59 Å². The zero-order valence-electron chi connectivity index (χ0n) is 16.6. The van der Waals surface area contributed by atoms with Gasteiger partial charge in [0.2, 0.25) is 5.91 Å². The van der Waals surface area contributed by atoms with Gasteiger partial charge in [0.1, 0.15) is 11.8 Å². The lowest BCUT2D eigenvalue weighted by Gasteiger charge is -2.29. The molecule has 1 N–H and O–H groups in total. The number of ether oxygens (including phenoxy) is 1. The molecular formula is C21H22BrCl3N2O3. The smallest absolute Gasteiger partial charge is 0.261 e. The van der Waals surface area contributed by atoms with Gasteiger partial charge in [-0.2, -0.15) is 0 Å². The van der Waals surface area contributed by atoms with Crippen molar-refractivity contribution in [1.82, 2.24) is 10.2 Å². The second-order valence-electron chi connectivity index (χ2n) is 6.60. The molecule has 0 saturated carbocycles. The van der Waals surface area contributed by atoms with E-state index < -0.39 is 6.04 Å². The minimum atomic E-state index is -0.706. The fraction of sp³-hybridized carbons (Fsp3) is 0.333. The maximum Gasteiger partial charge on any atom is 0.261 e. The minimum Gasteiger partial charge on any atom is -0.482 e. The van der Waals surface area contributed by atoms with Crippen LogP contribution in [-0.2, 0) is 16.1 Å². The van der Waals surface area contributed by atoms with Crippen molar-refractivity contribution in [3.8, 4) is 5.75 Å². The van der Waals surface area contributed by atoms with Gasteiger partial charge < -0.3 is 15.0 Å². The molecule has 30 heavy (non-hydrogen) atoms. The Labute approximate surface area is 199 Å². The lowest BCUT2D eigenvalue weighted by molar-refractivity contribution is -0.142. The summed E-state index contributed by atoms with van der Waals surface area (Å²) in [5.74, 6) is -0.225. The predicted molar refractivity (Wildman–Crippen MR) is 124 cm³/mol. The Balaban J connectivity index is 2.18. The summed E-state index contributed by atoms with van der Waals surface area (Å²) in [5.41, 5.74) is 0.745. The van der Waals surface area contributed by atoms with Crippen LogP contribution in [0.15, 0.2) is 40.9 Å². The van der Waals surface area contributed by atoms with Crippen LogP contribution >= 0.6 is 50.7 Å². The second-order valence-corrected chi connectivity index (χ2v) is 8.74. The van der Waals surface area contributed by atoms with Gasteiger partial charge in [0.05, 0.1) is 15.1 Å². The lowest BCUT2D eigenvalue weighted by atomic mass is 10.1. The third kappa shape index (κ3) is 7.05. The fourth-order valence-corrected chi connectivity index (χ4v) is 3.68. The van der Waals surface area contributed by atoms with Gasteiger partial charge in [-0.1, -0.05) is 63.7 Å². The number of hydrogen-bond donors (Lipinski definition) is 1. The summed E-state index contributed by atoms with van der Waals surface area (Å²) < 4.78 is 6.40. The molecule has 1 atom stereocenters. The van der Waals surface area contributed by atoms with E-state index in [-0.39, 0.29) is 25.0 Å². The molecule has 0 radical (unpaired) electrons. The largest absolute Gasteiger partial charge is 0.482 e. The summed E-state index contributed by atoms with van der Waals surface area (Å²) >= 11 is 21.6. The van der Waals surface area contributed by atoms with E-state index in [0.717, 1.165) is 16.5 Å². The Morgan fingerprint density at radius 1 is 1.10 bits per heavy atom. The Kier molecular flexibility index (Phi) is 9.75. The van der Waals surface area contributed by atoms with Gasteiger partial charge in [-0.25, -0.2) is 0 Å². The SMILES string of the molecule is CCCNC(=O)[C@H](C)N(Cc1ccc(Cl)c(Cl)c1)C(=O)COc1ccc(Br)cc1Cl. The van der Waals surface area contributed by atoms with Gasteiger partial charge in [0.25, 0.3) is 5.91 Å². The molecule has 0 bridgehead atoms. The molecule has 9 heteroatoms. The first-order valence-electron chi connectivity index (χ1n) is 9.31. The molecule has 0 aromatic heterocycles. The van der Waals surface area contributed by atoms with E-state index >= 15 is 0 Å². The molecule has 0 fully saturated rings. The van der Waals surface area contributed by atoms with Crippen LogP contribution < -0.4 is 10.1 Å². The average molecular weight is 537 g/mol. The molecule has 2 amide bonds. The number of carbonyl (C=O) groups excluding carboxylic acids is 2. The standard InChI is InChI=1S/C21H22BrCl3N2O3/c1-3-8-26-21(29)13(2)27(11-14-4-6-16(23)17(24)9-14)20(28)12-30-19-7-5-15(22)10-18(19)25/h4-7,9-10,13H,3,8,11-12H2,1-2H3,(H,26,29)/t13-/m0/s1. The van der Waals surface area contributed by atoms with E-state index in [1.165, 1.54) is 4.90 Å². The number of halogens is 4. The number of amides is 2. The van der Waals surface area contributed by atoms with Gasteiger partial charge in [-0.15, -0.1) is 0 Å². The van der Waals surface area contributed by atoms with Crippen LogP contribution in [0.3, 0.4) is 0 Å². The van der Waals surface area contributed by atoms with Crippen LogP contribution in [0.4, 0.5) is 0 Å². The summed E-state index contributed by atoms with van der Waals surface area (Å²) in [6, 6.07) is 9.49. The highest BCUT2D eigenvalue weighted by atomic mass is 79.9. The molecular weight excluding hydrogens is 515 g/mol. The van der Waals surface area contributed by atoms with Crippen molar-refractivity contribution in [2.45, 2.75) is 32.9 Å². The number of rotatable bonds is 9. The normalized spacial score (nSPS) is 11.7. The van der Waals surface area contributed by atoms with Crippen LogP contribution in [0.1, 0.15) is 25.8 Å². The maximum absolute atomic E-state index is 13.0. The van der Waals surface area contributed by atoms with Crippen LogP contribution in [0.2, 0.25) is 15.1 Å². The van der Waals surface area contributed by atoms with Gasteiger partial charge in [-0.3, -0.25) is 9.59 Å². The summed E-state index contributed by atoms with van der Waals surface area (Å²) in [6.45, 7) is 4.07. The molecule has 5 nitrogen and oxygen atoms in total. The van der Waals surface area contributed by atoms with Crippen molar-refractivity contribution in [1.29, 1.82) is 0 Å². The monoisotopic (exact) mass is 534 g/mol. The zero-order chi connectivity index (χ0) is 22.3. The number of benzene rings is 2. The molecule has 2 rings (SSSR count). The summed E-state index contributed by atoms with van der Waals surface area (Å²) in [7, 11) is 0. The minimum absolute atomic E-state index is 0.174. The number of nitrogens with one attached hydrogen (secondary N) is 1. The Morgan fingerprint density at radius 3 is 2.47 bits per heavy atom. The summed E-state index contributed by atoms with van der Waals surface area (Å²) in [6.07, 6.45) is 0.796. The third-order valence-corrected chi connectivity index (χ3v) is 5.83. The highest BCUT2D eigenvalue weighted by Crippen LogP contribution is 2.28. The van der Waals surface area contributed by atoms with Gasteiger partial charge in [0.15, 0.2) is 6.61 Å². The predicted octanol–water partition coefficient (Wildman–Crippen LogP) is 5.73. The summed E-state index contributed by atoms with van der Waals surface area (Å²) in [4.78, 5) is 26.9. The van der Waals surface area contributed by atoms with E-state index in [0.29, 0.717) is 27.4 Å². The maximum atomic E-state index is 13.0. The topological polar surface area (TPSA) is 58.6 Å². The zero-order valence-corrected chi connectivity index (χ0v) is 20.4. The van der Waals surface area contributed by atoms with Crippen molar-refractivity contribution in [2.75, 3.05) is 13.2 Å². The number of nitrogens with zero attached hydrogens (tertiary/aromatic N) is 1. The number of carbonyl (C=O) groups is 2. The number of hydrogen-bond acceptors (Lipinski definition) is 3. The van der Waals surface area contributed by atoms with E-state index in [1.54, 1.807) is 43.3 Å². The Bertz CT molecular complexity index is 911. The molecule has 0 aliphatic heterocycles. The van der Waals surface area contributed by atoms with Crippen molar-refractivity contribution in [3.05, 3.63) is 61.5 Å². The van der Waals surface area contributed by atoms with E-state index in [4.69, 9.17) is 39.5 Å². The quantitative estimate of drug-likeness (QED) is 0.445. The van der Waals surface area contributed by atoms with Crippen molar-refractivity contribution in [2.24, 2.45) is 0 Å². The third-order valence-electron chi connectivity index (χ3n) is 4.30. The molecule has 0 unspecified atom stereocenters. The van der Waals surface area contributed by atoms with Gasteiger partial charge in [-0.05, 0) is 49.2 Å². The van der Waals surface area contributed by atoms with Crippen molar-refractivity contribution >= 4 is 62.5 Å². The van der Waals surface area contributed by atoms with E-state index in [2.05, 4.69) is 21.2 Å². The molecule has 0 aliphatic carbocycles. The molecule has 162 valence electrons. The molecule has 0 heterocycles. The average Bonchev–Trinajstić information content (AvgIpc) is 2.71. The Hall–Kier alpha value is -1.47. The van der Waals surface area contributed by atoms with Crippen LogP contribution in [0, 0.1) is 0 Å². The molecule has 0 spiro atoms. The first kappa shape index (κ1) is 24.8. The molecule has 2 aromatic rings. The first-order valence-corrected chi connectivity index (χ1v) is 11.2. The van der Waals surface area contributed by atoms with Crippen LogP contribution in [-0.4, -0.2) is 35.9 Å². The van der Waals surface area contributed by atoms with E-state index in [1.807, 2.05) is 6.92 Å². The van der Waals surface area contributed by atoms with Crippen molar-refractivity contribution in [3.63, 3.8) is 0 Å². The first-order chi connectivity index (χ1) is 14.2. The molecule has 0 saturated heterocycles. The van der Waals surface area contributed by atoms with Gasteiger partial charge >= 0.3 is 0 Å². The van der Waals surface area contributed by atoms with Crippen LogP contribution in [0.25, 0.3) is 0 Å². The molecule has 0 aliphatic rings. The second kappa shape index (κ2) is 11.8. The fourth-order valence-electron chi connectivity index (χ4n) is 2.63. The Morgan fingerprint density at radius 2 is 1.83 bits per heavy atom. The highest BCUT2D eigenvalue weighted by Gasteiger charge is 2.26. The lowest BCUT2D eigenvalue weighted by Crippen LogP contribution is -2.49. The van der Waals surface area contributed by atoms with Crippen molar-refractivity contribution < 1.29 is 14.3 Å².